The molecular formula is C23H29NO2. The molecule has 1 unspecified atom stereocenters. The number of carbonyl (C=O) groups excluding carboxylic acids is 1. The molecule has 0 radical (unpaired) electrons. The molecule has 0 aromatic heterocycles. The van der Waals surface area contributed by atoms with E-state index in [0.29, 0.717) is 17.6 Å². The first-order valence-corrected chi connectivity index (χ1v) is 9.72. The predicted octanol–water partition coefficient (Wildman–Crippen LogP) is 4.80. The summed E-state index contributed by atoms with van der Waals surface area (Å²) in [5, 5.41) is 12.7. The highest BCUT2D eigenvalue weighted by molar-refractivity contribution is 5.73. The summed E-state index contributed by atoms with van der Waals surface area (Å²) in [6.45, 7) is 1.62. The predicted molar refractivity (Wildman–Crippen MR) is 105 cm³/mol. The molecule has 3 heteroatoms. The van der Waals surface area contributed by atoms with Crippen molar-refractivity contribution in [3.05, 3.63) is 65.7 Å². The van der Waals surface area contributed by atoms with Gasteiger partial charge in [0.15, 0.2) is 0 Å². The van der Waals surface area contributed by atoms with Gasteiger partial charge in [0, 0.05) is 13.0 Å². The quantitative estimate of drug-likeness (QED) is 0.785. The lowest BCUT2D eigenvalue weighted by atomic mass is 9.75. The molecule has 1 amide bonds. The van der Waals surface area contributed by atoms with Crippen LogP contribution in [0.2, 0.25) is 0 Å². The summed E-state index contributed by atoms with van der Waals surface area (Å²) < 4.78 is 0. The SMILES string of the molecule is CC(=O)NC(CCc1ccccc1)C1CCC(c2ccc(O)cc2)CC1. The number of hydrogen-bond donors (Lipinski definition) is 2. The molecule has 1 atom stereocenters. The fraction of sp³-hybridized carbons (Fsp3) is 0.435. The molecule has 2 aromatic carbocycles. The van der Waals surface area contributed by atoms with Gasteiger partial charge in [-0.05, 0) is 73.6 Å². The molecule has 1 fully saturated rings. The van der Waals surface area contributed by atoms with Crippen LogP contribution in [0, 0.1) is 5.92 Å². The molecule has 0 spiro atoms. The molecule has 0 bridgehead atoms. The standard InChI is InChI=1S/C23H29NO2/c1-17(25)24-23(16-7-18-5-3-2-4-6-18)21-10-8-19(9-11-21)20-12-14-22(26)15-13-20/h2-6,12-15,19,21,23,26H,7-11,16H2,1H3,(H,24,25). The average Bonchev–Trinajstić information content (AvgIpc) is 2.66. The van der Waals surface area contributed by atoms with Crippen molar-refractivity contribution in [2.75, 3.05) is 0 Å². The van der Waals surface area contributed by atoms with Gasteiger partial charge in [-0.15, -0.1) is 0 Å². The van der Waals surface area contributed by atoms with Crippen LogP contribution in [0.5, 0.6) is 5.75 Å². The fourth-order valence-electron chi connectivity index (χ4n) is 4.26. The molecule has 0 aliphatic heterocycles. The summed E-state index contributed by atoms with van der Waals surface area (Å²) in [6.07, 6.45) is 6.59. The number of phenols is 1. The second-order valence-corrected chi connectivity index (χ2v) is 7.53. The number of amides is 1. The van der Waals surface area contributed by atoms with E-state index in [2.05, 4.69) is 29.6 Å². The van der Waals surface area contributed by atoms with E-state index < -0.39 is 0 Å². The molecular weight excluding hydrogens is 322 g/mol. The highest BCUT2D eigenvalue weighted by Gasteiger charge is 2.28. The van der Waals surface area contributed by atoms with Gasteiger partial charge in [-0.25, -0.2) is 0 Å². The van der Waals surface area contributed by atoms with Crippen LogP contribution < -0.4 is 5.32 Å². The monoisotopic (exact) mass is 351 g/mol. The van der Waals surface area contributed by atoms with Gasteiger partial charge in [0.1, 0.15) is 5.75 Å². The molecule has 3 nitrogen and oxygen atoms in total. The van der Waals surface area contributed by atoms with E-state index in [1.54, 1.807) is 19.1 Å². The first-order valence-electron chi connectivity index (χ1n) is 9.72. The van der Waals surface area contributed by atoms with Crippen LogP contribution in [0.25, 0.3) is 0 Å². The highest BCUT2D eigenvalue weighted by atomic mass is 16.3. The normalized spacial score (nSPS) is 21.1. The minimum Gasteiger partial charge on any atom is -0.508 e. The van der Waals surface area contributed by atoms with Crippen molar-refractivity contribution in [2.45, 2.75) is 57.4 Å². The number of nitrogens with one attached hydrogen (secondary N) is 1. The van der Waals surface area contributed by atoms with Gasteiger partial charge in [0.25, 0.3) is 0 Å². The Bertz CT molecular complexity index is 688. The molecule has 138 valence electrons. The van der Waals surface area contributed by atoms with Crippen LogP contribution in [0.4, 0.5) is 0 Å². The van der Waals surface area contributed by atoms with Gasteiger partial charge in [0.05, 0.1) is 0 Å². The molecule has 1 aliphatic carbocycles. The molecule has 2 aromatic rings. The summed E-state index contributed by atoms with van der Waals surface area (Å²) in [6, 6.07) is 18.4. The molecule has 0 heterocycles. The lowest BCUT2D eigenvalue weighted by Gasteiger charge is -2.34. The van der Waals surface area contributed by atoms with Crippen LogP contribution in [0.15, 0.2) is 54.6 Å². The Labute approximate surface area is 156 Å². The first kappa shape index (κ1) is 18.5. The van der Waals surface area contributed by atoms with Crippen molar-refractivity contribution < 1.29 is 9.90 Å². The minimum absolute atomic E-state index is 0.0729. The van der Waals surface area contributed by atoms with Gasteiger partial charge in [0.2, 0.25) is 5.91 Å². The van der Waals surface area contributed by atoms with E-state index in [9.17, 15) is 9.90 Å². The van der Waals surface area contributed by atoms with E-state index in [0.717, 1.165) is 38.5 Å². The van der Waals surface area contributed by atoms with Crippen LogP contribution in [-0.2, 0) is 11.2 Å². The van der Waals surface area contributed by atoms with E-state index in [1.807, 2.05) is 18.2 Å². The molecule has 3 rings (SSSR count). The largest absolute Gasteiger partial charge is 0.508 e. The summed E-state index contributed by atoms with van der Waals surface area (Å²) in [5.74, 6) is 1.52. The maximum absolute atomic E-state index is 11.7. The lowest BCUT2D eigenvalue weighted by molar-refractivity contribution is -0.120. The van der Waals surface area contributed by atoms with Crippen molar-refractivity contribution in [3.63, 3.8) is 0 Å². The zero-order valence-corrected chi connectivity index (χ0v) is 15.5. The smallest absolute Gasteiger partial charge is 0.217 e. The lowest BCUT2D eigenvalue weighted by Crippen LogP contribution is -2.40. The first-order chi connectivity index (χ1) is 12.6. The fourth-order valence-corrected chi connectivity index (χ4v) is 4.26. The van der Waals surface area contributed by atoms with Gasteiger partial charge in [-0.1, -0.05) is 42.5 Å². The molecule has 1 aliphatic rings. The number of rotatable bonds is 6. The van der Waals surface area contributed by atoms with Crippen molar-refractivity contribution in [2.24, 2.45) is 5.92 Å². The Balaban J connectivity index is 1.57. The van der Waals surface area contributed by atoms with Crippen molar-refractivity contribution in [3.8, 4) is 5.75 Å². The molecule has 26 heavy (non-hydrogen) atoms. The van der Waals surface area contributed by atoms with E-state index in [4.69, 9.17) is 0 Å². The third kappa shape index (κ3) is 5.10. The number of carbonyl (C=O) groups is 1. The number of phenolic OH excluding ortho intramolecular Hbond substituents is 1. The number of hydrogen-bond acceptors (Lipinski definition) is 2. The second-order valence-electron chi connectivity index (χ2n) is 7.53. The highest BCUT2D eigenvalue weighted by Crippen LogP contribution is 2.38. The van der Waals surface area contributed by atoms with Crippen LogP contribution >= 0.6 is 0 Å². The molecule has 0 saturated heterocycles. The maximum atomic E-state index is 11.7. The Morgan fingerprint density at radius 3 is 2.31 bits per heavy atom. The Kier molecular flexibility index (Phi) is 6.32. The summed E-state index contributed by atoms with van der Waals surface area (Å²) in [5.41, 5.74) is 2.65. The molecule has 1 saturated carbocycles. The average molecular weight is 351 g/mol. The zero-order chi connectivity index (χ0) is 18.4. The van der Waals surface area contributed by atoms with Gasteiger partial charge >= 0.3 is 0 Å². The van der Waals surface area contributed by atoms with Crippen LogP contribution in [0.1, 0.15) is 56.1 Å². The maximum Gasteiger partial charge on any atom is 0.217 e. The Morgan fingerprint density at radius 2 is 1.69 bits per heavy atom. The number of aryl methyl sites for hydroxylation is 1. The summed E-state index contributed by atoms with van der Waals surface area (Å²) in [7, 11) is 0. The van der Waals surface area contributed by atoms with Crippen molar-refractivity contribution in [1.82, 2.24) is 5.32 Å². The van der Waals surface area contributed by atoms with E-state index >= 15 is 0 Å². The third-order valence-corrected chi connectivity index (χ3v) is 5.68. The van der Waals surface area contributed by atoms with Crippen molar-refractivity contribution in [1.29, 1.82) is 0 Å². The van der Waals surface area contributed by atoms with Crippen molar-refractivity contribution >= 4 is 5.91 Å². The van der Waals surface area contributed by atoms with Gasteiger partial charge in [-0.2, -0.15) is 0 Å². The van der Waals surface area contributed by atoms with Gasteiger partial charge in [-0.3, -0.25) is 4.79 Å². The van der Waals surface area contributed by atoms with Crippen LogP contribution in [-0.4, -0.2) is 17.1 Å². The summed E-state index contributed by atoms with van der Waals surface area (Å²) in [4.78, 5) is 11.7. The zero-order valence-electron chi connectivity index (χ0n) is 15.5. The van der Waals surface area contributed by atoms with E-state index in [1.165, 1.54) is 11.1 Å². The van der Waals surface area contributed by atoms with Crippen LogP contribution in [0.3, 0.4) is 0 Å². The number of benzene rings is 2. The van der Waals surface area contributed by atoms with Gasteiger partial charge < -0.3 is 10.4 Å². The molecule has 2 N–H and O–H groups in total. The van der Waals surface area contributed by atoms with E-state index in [-0.39, 0.29) is 11.9 Å². The topological polar surface area (TPSA) is 49.3 Å². The Morgan fingerprint density at radius 1 is 1.04 bits per heavy atom. The third-order valence-electron chi connectivity index (χ3n) is 5.68. The second kappa shape index (κ2) is 8.88. The summed E-state index contributed by atoms with van der Waals surface area (Å²) >= 11 is 0. The minimum atomic E-state index is 0.0729. The number of aromatic hydroxyl groups is 1. The Hall–Kier alpha value is -2.29.